The molecule has 120 valence electrons. The molecule has 0 aromatic rings. The van der Waals surface area contributed by atoms with Crippen LogP contribution in [0, 0.1) is 11.8 Å². The van der Waals surface area contributed by atoms with Gasteiger partial charge in [0, 0.05) is 19.1 Å². The Morgan fingerprint density at radius 3 is 2.52 bits per heavy atom. The van der Waals surface area contributed by atoms with E-state index in [9.17, 15) is 9.59 Å². The monoisotopic (exact) mass is 296 g/mol. The number of likely N-dealkylation sites (tertiary alicyclic amines) is 1. The standard InChI is InChI=1S/C16H28N2O3/c1-2-3-5-12-6-4-7-14(12)17-16(21)18-10-8-13(9-11-18)15(19)20/h12-14H,2-11H2,1H3,(H,17,21)(H,19,20). The number of urea groups is 1. The van der Waals surface area contributed by atoms with Gasteiger partial charge in [-0.05, 0) is 38.0 Å². The second-order valence-electron chi connectivity index (χ2n) is 6.49. The summed E-state index contributed by atoms with van der Waals surface area (Å²) >= 11 is 0. The van der Waals surface area contributed by atoms with Gasteiger partial charge in [0.05, 0.1) is 5.92 Å². The molecule has 21 heavy (non-hydrogen) atoms. The van der Waals surface area contributed by atoms with Gasteiger partial charge in [-0.15, -0.1) is 0 Å². The molecule has 1 heterocycles. The Bertz CT molecular complexity index is 365. The maximum atomic E-state index is 12.3. The van der Waals surface area contributed by atoms with Gasteiger partial charge in [0.25, 0.3) is 0 Å². The van der Waals surface area contributed by atoms with Crippen molar-refractivity contribution in [3.63, 3.8) is 0 Å². The van der Waals surface area contributed by atoms with Crippen molar-refractivity contribution in [2.24, 2.45) is 11.8 Å². The molecule has 2 amide bonds. The van der Waals surface area contributed by atoms with E-state index in [2.05, 4.69) is 12.2 Å². The van der Waals surface area contributed by atoms with Crippen LogP contribution >= 0.6 is 0 Å². The van der Waals surface area contributed by atoms with Crippen LogP contribution in [0.5, 0.6) is 0 Å². The van der Waals surface area contributed by atoms with Crippen molar-refractivity contribution in [3.8, 4) is 0 Å². The molecule has 0 aromatic carbocycles. The molecule has 0 aromatic heterocycles. The van der Waals surface area contributed by atoms with Gasteiger partial charge >= 0.3 is 12.0 Å². The Labute approximate surface area is 127 Å². The predicted molar refractivity (Wildman–Crippen MR) is 81.1 cm³/mol. The Kier molecular flexibility index (Phi) is 5.88. The third-order valence-corrected chi connectivity index (χ3v) is 5.03. The maximum absolute atomic E-state index is 12.3. The van der Waals surface area contributed by atoms with E-state index < -0.39 is 5.97 Å². The molecule has 0 radical (unpaired) electrons. The molecule has 2 rings (SSSR count). The molecule has 2 atom stereocenters. The first-order chi connectivity index (χ1) is 10.1. The summed E-state index contributed by atoms with van der Waals surface area (Å²) in [5.74, 6) is -0.381. The highest BCUT2D eigenvalue weighted by Gasteiger charge is 2.31. The van der Waals surface area contributed by atoms with Crippen LogP contribution in [-0.2, 0) is 4.79 Å². The average molecular weight is 296 g/mol. The van der Waals surface area contributed by atoms with E-state index in [4.69, 9.17) is 5.11 Å². The lowest BCUT2D eigenvalue weighted by Gasteiger charge is -2.32. The van der Waals surface area contributed by atoms with Crippen LogP contribution in [0.1, 0.15) is 58.3 Å². The number of nitrogens with one attached hydrogen (secondary N) is 1. The van der Waals surface area contributed by atoms with E-state index in [1.807, 2.05) is 0 Å². The van der Waals surface area contributed by atoms with Gasteiger partial charge in [-0.25, -0.2) is 4.79 Å². The van der Waals surface area contributed by atoms with Gasteiger partial charge in [-0.2, -0.15) is 0 Å². The van der Waals surface area contributed by atoms with E-state index in [-0.39, 0.29) is 11.9 Å². The first-order valence-electron chi connectivity index (χ1n) is 8.40. The molecule has 2 unspecified atom stereocenters. The minimum Gasteiger partial charge on any atom is -0.481 e. The molecule has 1 saturated carbocycles. The normalized spacial score (nSPS) is 26.8. The molecule has 0 spiro atoms. The van der Waals surface area contributed by atoms with E-state index in [0.29, 0.717) is 37.9 Å². The topological polar surface area (TPSA) is 69.6 Å². The maximum Gasteiger partial charge on any atom is 0.317 e. The van der Waals surface area contributed by atoms with Crippen molar-refractivity contribution in [2.75, 3.05) is 13.1 Å². The second-order valence-corrected chi connectivity index (χ2v) is 6.49. The van der Waals surface area contributed by atoms with E-state index in [1.165, 1.54) is 32.1 Å². The molecule has 0 bridgehead atoms. The number of hydrogen-bond acceptors (Lipinski definition) is 2. The molecule has 1 aliphatic carbocycles. The van der Waals surface area contributed by atoms with E-state index >= 15 is 0 Å². The number of nitrogens with zero attached hydrogens (tertiary/aromatic N) is 1. The van der Waals surface area contributed by atoms with Gasteiger partial charge in [-0.1, -0.05) is 26.2 Å². The van der Waals surface area contributed by atoms with Crippen molar-refractivity contribution in [1.29, 1.82) is 0 Å². The minimum absolute atomic E-state index is 0.00670. The summed E-state index contributed by atoms with van der Waals surface area (Å²) in [4.78, 5) is 25.0. The highest BCUT2D eigenvalue weighted by atomic mass is 16.4. The number of carbonyl (C=O) groups excluding carboxylic acids is 1. The number of carboxylic acid groups (broad SMARTS) is 1. The van der Waals surface area contributed by atoms with Gasteiger partial charge in [0.15, 0.2) is 0 Å². The van der Waals surface area contributed by atoms with Gasteiger partial charge < -0.3 is 15.3 Å². The zero-order chi connectivity index (χ0) is 15.2. The summed E-state index contributed by atoms with van der Waals surface area (Å²) in [6.45, 7) is 3.33. The Balaban J connectivity index is 1.77. The summed E-state index contributed by atoms with van der Waals surface area (Å²) in [6, 6.07) is 0.327. The lowest BCUT2D eigenvalue weighted by atomic mass is 9.96. The van der Waals surface area contributed by atoms with Crippen LogP contribution in [0.4, 0.5) is 4.79 Å². The van der Waals surface area contributed by atoms with Gasteiger partial charge in [0.2, 0.25) is 0 Å². The number of hydrogen-bond donors (Lipinski definition) is 2. The number of rotatable bonds is 5. The first kappa shape index (κ1) is 16.1. The van der Waals surface area contributed by atoms with E-state index in [0.717, 1.165) is 6.42 Å². The fourth-order valence-corrected chi connectivity index (χ4v) is 3.62. The van der Waals surface area contributed by atoms with Crippen molar-refractivity contribution >= 4 is 12.0 Å². The molecule has 1 aliphatic heterocycles. The summed E-state index contributed by atoms with van der Waals surface area (Å²) < 4.78 is 0. The highest BCUT2D eigenvalue weighted by molar-refractivity contribution is 5.75. The molecule has 2 aliphatic rings. The number of amides is 2. The van der Waals surface area contributed by atoms with Gasteiger partial charge in [0.1, 0.15) is 0 Å². The zero-order valence-corrected chi connectivity index (χ0v) is 13.0. The molecule has 5 heteroatoms. The van der Waals surface area contributed by atoms with Crippen LogP contribution in [-0.4, -0.2) is 41.1 Å². The summed E-state index contributed by atoms with van der Waals surface area (Å²) in [6.07, 6.45) is 8.33. The summed E-state index contributed by atoms with van der Waals surface area (Å²) in [5.41, 5.74) is 0. The number of piperidine rings is 1. The Morgan fingerprint density at radius 2 is 1.90 bits per heavy atom. The van der Waals surface area contributed by atoms with Crippen molar-refractivity contribution in [2.45, 2.75) is 64.3 Å². The second kappa shape index (κ2) is 7.66. The molecule has 2 N–H and O–H groups in total. The largest absolute Gasteiger partial charge is 0.481 e. The third kappa shape index (κ3) is 4.35. The van der Waals surface area contributed by atoms with Crippen LogP contribution in [0.3, 0.4) is 0 Å². The smallest absolute Gasteiger partial charge is 0.317 e. The average Bonchev–Trinajstić information content (AvgIpc) is 2.92. The van der Waals surface area contributed by atoms with Crippen LogP contribution in [0.2, 0.25) is 0 Å². The highest BCUT2D eigenvalue weighted by Crippen LogP contribution is 2.30. The van der Waals surface area contributed by atoms with Crippen LogP contribution in [0.15, 0.2) is 0 Å². The van der Waals surface area contributed by atoms with Crippen LogP contribution < -0.4 is 5.32 Å². The first-order valence-corrected chi connectivity index (χ1v) is 8.40. The Hall–Kier alpha value is -1.26. The van der Waals surface area contributed by atoms with Gasteiger partial charge in [-0.3, -0.25) is 4.79 Å². The summed E-state index contributed by atoms with van der Waals surface area (Å²) in [7, 11) is 0. The van der Waals surface area contributed by atoms with Crippen molar-refractivity contribution in [3.05, 3.63) is 0 Å². The molecular formula is C16H28N2O3. The molecular weight excluding hydrogens is 268 g/mol. The zero-order valence-electron chi connectivity index (χ0n) is 13.0. The molecule has 1 saturated heterocycles. The number of aliphatic carboxylic acids is 1. The quantitative estimate of drug-likeness (QED) is 0.819. The van der Waals surface area contributed by atoms with Crippen molar-refractivity contribution in [1.82, 2.24) is 10.2 Å². The fourth-order valence-electron chi connectivity index (χ4n) is 3.62. The minimum atomic E-state index is -0.731. The van der Waals surface area contributed by atoms with Crippen LogP contribution in [0.25, 0.3) is 0 Å². The number of carboxylic acids is 1. The summed E-state index contributed by atoms with van der Waals surface area (Å²) in [5, 5.41) is 12.2. The number of unbranched alkanes of at least 4 members (excludes halogenated alkanes) is 1. The SMILES string of the molecule is CCCCC1CCCC1NC(=O)N1CCC(C(=O)O)CC1. The van der Waals surface area contributed by atoms with Crippen molar-refractivity contribution < 1.29 is 14.7 Å². The lowest BCUT2D eigenvalue weighted by molar-refractivity contribution is -0.143. The lowest BCUT2D eigenvalue weighted by Crippen LogP contribution is -2.49. The fraction of sp³-hybridized carbons (Fsp3) is 0.875. The third-order valence-electron chi connectivity index (χ3n) is 5.03. The molecule has 2 fully saturated rings. The number of carbonyl (C=O) groups is 2. The Morgan fingerprint density at radius 1 is 1.19 bits per heavy atom. The van der Waals surface area contributed by atoms with E-state index in [1.54, 1.807) is 4.90 Å². The predicted octanol–water partition coefficient (Wildman–Crippen LogP) is 2.85. The molecule has 5 nitrogen and oxygen atoms in total.